The van der Waals surface area contributed by atoms with E-state index in [1.807, 2.05) is 13.8 Å². The second-order valence-electron chi connectivity index (χ2n) is 2.26. The molecular formula is C7H15NO3. The van der Waals surface area contributed by atoms with Gasteiger partial charge in [-0.2, -0.15) is 0 Å². The van der Waals surface area contributed by atoms with Gasteiger partial charge < -0.3 is 10.2 Å². The number of aliphatic carboxylic acids is 1. The van der Waals surface area contributed by atoms with Crippen LogP contribution in [0.2, 0.25) is 0 Å². The van der Waals surface area contributed by atoms with Crippen LogP contribution in [0.3, 0.4) is 0 Å². The Morgan fingerprint density at radius 3 is 2.00 bits per heavy atom. The molecule has 0 amide bonds. The van der Waals surface area contributed by atoms with E-state index in [4.69, 9.17) is 10.2 Å². The molecule has 0 saturated heterocycles. The van der Waals surface area contributed by atoms with Crippen LogP contribution in [-0.2, 0) is 4.79 Å². The Labute approximate surface area is 66.4 Å². The summed E-state index contributed by atoms with van der Waals surface area (Å²) < 4.78 is 0. The first-order valence-electron chi connectivity index (χ1n) is 3.75. The summed E-state index contributed by atoms with van der Waals surface area (Å²) in [6.45, 7) is 4.71. The molecule has 66 valence electrons. The number of rotatable bonds is 5. The second kappa shape index (κ2) is 5.09. The molecule has 0 fully saturated rings. The van der Waals surface area contributed by atoms with Gasteiger partial charge in [0.1, 0.15) is 6.04 Å². The van der Waals surface area contributed by atoms with Gasteiger partial charge in [-0.1, -0.05) is 13.8 Å². The van der Waals surface area contributed by atoms with Crippen LogP contribution in [0, 0.1) is 0 Å². The van der Waals surface area contributed by atoms with Gasteiger partial charge in [0.2, 0.25) is 0 Å². The Morgan fingerprint density at radius 1 is 1.45 bits per heavy atom. The highest BCUT2D eigenvalue weighted by Gasteiger charge is 2.21. The fourth-order valence-corrected chi connectivity index (χ4v) is 1.01. The molecule has 0 spiro atoms. The summed E-state index contributed by atoms with van der Waals surface area (Å²) in [6, 6.07) is -0.745. The number of carboxylic acids is 1. The number of hydrogen-bond acceptors (Lipinski definition) is 3. The van der Waals surface area contributed by atoms with Crippen molar-refractivity contribution < 1.29 is 15.0 Å². The minimum atomic E-state index is -0.962. The number of carbonyl (C=O) groups is 1. The van der Waals surface area contributed by atoms with Gasteiger partial charge in [0.15, 0.2) is 0 Å². The van der Waals surface area contributed by atoms with Crippen molar-refractivity contribution in [2.24, 2.45) is 0 Å². The van der Waals surface area contributed by atoms with E-state index in [0.717, 1.165) is 0 Å². The summed E-state index contributed by atoms with van der Waals surface area (Å²) in [5.74, 6) is -0.962. The van der Waals surface area contributed by atoms with Crippen molar-refractivity contribution in [2.45, 2.75) is 19.9 Å². The van der Waals surface area contributed by atoms with Gasteiger partial charge in [0, 0.05) is 0 Å². The maximum Gasteiger partial charge on any atom is 0.323 e. The largest absolute Gasteiger partial charge is 0.480 e. The molecule has 0 aliphatic rings. The highest BCUT2D eigenvalue weighted by Crippen LogP contribution is 1.97. The molecule has 0 aromatic heterocycles. The Morgan fingerprint density at radius 2 is 1.91 bits per heavy atom. The monoisotopic (exact) mass is 161 g/mol. The predicted octanol–water partition coefficient (Wildman–Crippen LogP) is -0.226. The highest BCUT2D eigenvalue weighted by molar-refractivity contribution is 5.73. The quantitative estimate of drug-likeness (QED) is 0.585. The molecule has 4 heteroatoms. The van der Waals surface area contributed by atoms with Gasteiger partial charge >= 0.3 is 5.97 Å². The predicted molar refractivity (Wildman–Crippen MR) is 41.4 cm³/mol. The Kier molecular flexibility index (Phi) is 4.81. The van der Waals surface area contributed by atoms with E-state index in [1.54, 1.807) is 4.90 Å². The topological polar surface area (TPSA) is 60.8 Å². The third-order valence-corrected chi connectivity index (χ3v) is 1.71. The zero-order valence-corrected chi connectivity index (χ0v) is 6.95. The summed E-state index contributed by atoms with van der Waals surface area (Å²) in [7, 11) is 0. The van der Waals surface area contributed by atoms with E-state index in [9.17, 15) is 4.79 Å². The van der Waals surface area contributed by atoms with E-state index in [1.165, 1.54) is 0 Å². The van der Waals surface area contributed by atoms with E-state index in [2.05, 4.69) is 0 Å². The molecule has 0 unspecified atom stereocenters. The number of carboxylic acid groups (broad SMARTS) is 1. The molecule has 0 saturated carbocycles. The Hall–Kier alpha value is -0.610. The molecule has 0 aromatic rings. The first-order valence-corrected chi connectivity index (χ1v) is 3.75. The lowest BCUT2D eigenvalue weighted by Gasteiger charge is -2.23. The van der Waals surface area contributed by atoms with Gasteiger partial charge in [-0.05, 0) is 13.1 Å². The number of likely N-dealkylation sites (N-methyl/N-ethyl adjacent to an activating group) is 1. The summed E-state index contributed by atoms with van der Waals surface area (Å²) in [5.41, 5.74) is 0. The minimum Gasteiger partial charge on any atom is -0.480 e. The summed E-state index contributed by atoms with van der Waals surface area (Å²) >= 11 is 0. The van der Waals surface area contributed by atoms with Crippen LogP contribution < -0.4 is 0 Å². The van der Waals surface area contributed by atoms with Crippen molar-refractivity contribution in [1.82, 2.24) is 4.90 Å². The zero-order chi connectivity index (χ0) is 8.85. The van der Waals surface area contributed by atoms with E-state index < -0.39 is 12.0 Å². The normalized spacial score (nSPS) is 13.5. The van der Waals surface area contributed by atoms with Crippen molar-refractivity contribution in [3.05, 3.63) is 0 Å². The average molecular weight is 161 g/mol. The maximum absolute atomic E-state index is 10.5. The van der Waals surface area contributed by atoms with Crippen LogP contribution in [0.15, 0.2) is 0 Å². The molecule has 0 radical (unpaired) electrons. The molecule has 1 atom stereocenters. The molecular weight excluding hydrogens is 146 g/mol. The number of nitrogens with zero attached hydrogens (tertiary/aromatic N) is 1. The lowest BCUT2D eigenvalue weighted by atomic mass is 10.2. The second-order valence-corrected chi connectivity index (χ2v) is 2.26. The first kappa shape index (κ1) is 10.4. The lowest BCUT2D eigenvalue weighted by molar-refractivity contribution is -0.144. The Bertz CT molecular complexity index is 123. The van der Waals surface area contributed by atoms with Gasteiger partial charge in [0.25, 0.3) is 0 Å². The van der Waals surface area contributed by atoms with Crippen LogP contribution >= 0.6 is 0 Å². The molecule has 11 heavy (non-hydrogen) atoms. The SMILES string of the molecule is CCN(CC)[C@H](CO)C(=O)O. The molecule has 0 aromatic carbocycles. The van der Waals surface area contributed by atoms with Crippen LogP contribution in [0.5, 0.6) is 0 Å². The van der Waals surface area contributed by atoms with E-state index in [-0.39, 0.29) is 6.61 Å². The highest BCUT2D eigenvalue weighted by atomic mass is 16.4. The smallest absolute Gasteiger partial charge is 0.323 e. The van der Waals surface area contributed by atoms with Crippen LogP contribution in [0.25, 0.3) is 0 Å². The molecule has 4 nitrogen and oxygen atoms in total. The van der Waals surface area contributed by atoms with Crippen molar-refractivity contribution in [3.63, 3.8) is 0 Å². The molecule has 0 heterocycles. The van der Waals surface area contributed by atoms with Gasteiger partial charge in [-0.15, -0.1) is 0 Å². The molecule has 0 bridgehead atoms. The fraction of sp³-hybridized carbons (Fsp3) is 0.857. The standard InChI is InChI=1S/C7H15NO3/c1-3-8(4-2)6(5-9)7(10)11/h6,9H,3-5H2,1-2H3,(H,10,11)/t6-/m1/s1. The average Bonchev–Trinajstić information content (AvgIpc) is 1.99. The van der Waals surface area contributed by atoms with Crippen LogP contribution in [-0.4, -0.2) is 46.8 Å². The number of aliphatic hydroxyl groups is 1. The van der Waals surface area contributed by atoms with Crippen molar-refractivity contribution in [3.8, 4) is 0 Å². The van der Waals surface area contributed by atoms with Crippen molar-refractivity contribution in [2.75, 3.05) is 19.7 Å². The third kappa shape index (κ3) is 2.86. The first-order chi connectivity index (χ1) is 5.17. The number of aliphatic hydroxyl groups excluding tert-OH is 1. The maximum atomic E-state index is 10.5. The molecule has 0 aliphatic carbocycles. The Balaban J connectivity index is 4.09. The van der Waals surface area contributed by atoms with Crippen molar-refractivity contribution >= 4 is 5.97 Å². The number of hydrogen-bond donors (Lipinski definition) is 2. The van der Waals surface area contributed by atoms with Crippen LogP contribution in [0.4, 0.5) is 0 Å². The van der Waals surface area contributed by atoms with Gasteiger partial charge in [-0.3, -0.25) is 9.69 Å². The summed E-state index contributed by atoms with van der Waals surface area (Å²) in [5, 5.41) is 17.3. The van der Waals surface area contributed by atoms with Crippen molar-refractivity contribution in [1.29, 1.82) is 0 Å². The lowest BCUT2D eigenvalue weighted by Crippen LogP contribution is -2.43. The molecule has 0 rings (SSSR count). The van der Waals surface area contributed by atoms with E-state index >= 15 is 0 Å². The minimum absolute atomic E-state index is 0.322. The zero-order valence-electron chi connectivity index (χ0n) is 6.95. The van der Waals surface area contributed by atoms with Gasteiger partial charge in [0.05, 0.1) is 6.61 Å². The fourth-order valence-electron chi connectivity index (χ4n) is 1.01. The van der Waals surface area contributed by atoms with E-state index in [0.29, 0.717) is 13.1 Å². The molecule has 2 N–H and O–H groups in total. The summed E-state index contributed by atoms with van der Waals surface area (Å²) in [4.78, 5) is 12.2. The molecule has 0 aliphatic heterocycles. The van der Waals surface area contributed by atoms with Crippen LogP contribution in [0.1, 0.15) is 13.8 Å². The van der Waals surface area contributed by atoms with Gasteiger partial charge in [-0.25, -0.2) is 0 Å². The third-order valence-electron chi connectivity index (χ3n) is 1.71. The summed E-state index contributed by atoms with van der Waals surface area (Å²) in [6.07, 6.45) is 0.